The molecule has 4 heterocycles. The highest BCUT2D eigenvalue weighted by atomic mass is 16.2. The zero-order chi connectivity index (χ0) is 19.7. The molecule has 1 saturated heterocycles. The van der Waals surface area contributed by atoms with Crippen LogP contribution >= 0.6 is 0 Å². The fourth-order valence-corrected chi connectivity index (χ4v) is 3.29. The average Bonchev–Trinajstić information content (AvgIpc) is 2.95. The van der Waals surface area contributed by atoms with E-state index in [2.05, 4.69) is 24.8 Å². The first-order valence-corrected chi connectivity index (χ1v) is 9.00. The highest BCUT2D eigenvalue weighted by Crippen LogP contribution is 2.21. The maximum absolute atomic E-state index is 11.6. The molecule has 2 N–H and O–H groups in total. The third-order valence-electron chi connectivity index (χ3n) is 4.78. The summed E-state index contributed by atoms with van der Waals surface area (Å²) in [7, 11) is 0. The van der Waals surface area contributed by atoms with Gasteiger partial charge in [0, 0.05) is 45.5 Å². The Labute approximate surface area is 161 Å². The zero-order valence-electron chi connectivity index (χ0n) is 15.4. The number of nitrogens with zero attached hydrogens (tertiary/aromatic N) is 7. The van der Waals surface area contributed by atoms with Gasteiger partial charge < -0.3 is 15.5 Å². The van der Waals surface area contributed by atoms with Gasteiger partial charge in [-0.2, -0.15) is 0 Å². The van der Waals surface area contributed by atoms with Crippen LogP contribution in [0, 0.1) is 0 Å². The van der Waals surface area contributed by atoms with Gasteiger partial charge in [-0.3, -0.25) is 14.0 Å². The Bertz CT molecular complexity index is 1050. The number of primary amides is 1. The Kier molecular flexibility index (Phi) is 4.60. The molecule has 10 nitrogen and oxygen atoms in total. The van der Waals surface area contributed by atoms with Crippen LogP contribution in [-0.4, -0.2) is 67.2 Å². The van der Waals surface area contributed by atoms with Gasteiger partial charge in [-0.05, 0) is 12.5 Å². The summed E-state index contributed by atoms with van der Waals surface area (Å²) in [4.78, 5) is 44.4. The first-order chi connectivity index (χ1) is 13.5. The summed E-state index contributed by atoms with van der Waals surface area (Å²) in [5.74, 6) is 0.749. The second kappa shape index (κ2) is 7.22. The number of carbonyl (C=O) groups is 2. The molecule has 1 aliphatic heterocycles. The summed E-state index contributed by atoms with van der Waals surface area (Å²) >= 11 is 0. The molecule has 144 valence electrons. The third-order valence-corrected chi connectivity index (χ3v) is 4.78. The van der Waals surface area contributed by atoms with Crippen LogP contribution in [0.5, 0.6) is 0 Å². The molecule has 0 radical (unpaired) electrons. The minimum Gasteiger partial charge on any atom is -0.364 e. The van der Waals surface area contributed by atoms with E-state index in [1.807, 2.05) is 11.0 Å². The summed E-state index contributed by atoms with van der Waals surface area (Å²) in [6, 6.07) is 1.85. The lowest BCUT2D eigenvalue weighted by Crippen LogP contribution is -2.33. The molecule has 10 heteroatoms. The summed E-state index contributed by atoms with van der Waals surface area (Å²) in [5, 5.41) is 0. The predicted molar refractivity (Wildman–Crippen MR) is 102 cm³/mol. The molecule has 2 amide bonds. The van der Waals surface area contributed by atoms with Crippen molar-refractivity contribution in [3.63, 3.8) is 0 Å². The molecular weight excluding hydrogens is 360 g/mol. The van der Waals surface area contributed by atoms with Crippen molar-refractivity contribution in [3.05, 3.63) is 36.5 Å². The molecule has 1 fully saturated rings. The van der Waals surface area contributed by atoms with Gasteiger partial charge in [0.25, 0.3) is 5.91 Å². The van der Waals surface area contributed by atoms with Crippen molar-refractivity contribution < 1.29 is 9.59 Å². The van der Waals surface area contributed by atoms with E-state index in [-0.39, 0.29) is 11.6 Å². The number of fused-ring (bicyclic) bond motifs is 1. The highest BCUT2D eigenvalue weighted by Gasteiger charge is 2.19. The van der Waals surface area contributed by atoms with Crippen LogP contribution in [-0.2, 0) is 4.79 Å². The second-order valence-electron chi connectivity index (χ2n) is 6.59. The fourth-order valence-electron chi connectivity index (χ4n) is 3.29. The van der Waals surface area contributed by atoms with E-state index in [0.717, 1.165) is 25.3 Å². The molecule has 0 atom stereocenters. The summed E-state index contributed by atoms with van der Waals surface area (Å²) in [6.45, 7) is 4.53. The van der Waals surface area contributed by atoms with Crippen LogP contribution in [0.3, 0.4) is 0 Å². The number of amides is 2. The van der Waals surface area contributed by atoms with Crippen LogP contribution in [0.25, 0.3) is 17.2 Å². The lowest BCUT2D eigenvalue weighted by atomic mass is 10.3. The van der Waals surface area contributed by atoms with Gasteiger partial charge in [-0.15, -0.1) is 0 Å². The topological polar surface area (TPSA) is 123 Å². The van der Waals surface area contributed by atoms with Crippen LogP contribution < -0.4 is 10.6 Å². The molecule has 3 aromatic heterocycles. The Morgan fingerprint density at radius 1 is 1.07 bits per heavy atom. The Morgan fingerprint density at radius 3 is 2.71 bits per heavy atom. The number of hydrogen-bond donors (Lipinski definition) is 1. The highest BCUT2D eigenvalue weighted by molar-refractivity contribution is 5.90. The average molecular weight is 380 g/mol. The van der Waals surface area contributed by atoms with Crippen LogP contribution in [0.4, 0.5) is 5.82 Å². The smallest absolute Gasteiger partial charge is 0.268 e. The van der Waals surface area contributed by atoms with Crippen molar-refractivity contribution in [2.24, 2.45) is 5.73 Å². The maximum atomic E-state index is 11.6. The lowest BCUT2D eigenvalue weighted by molar-refractivity contribution is -0.128. The van der Waals surface area contributed by atoms with E-state index in [1.165, 1.54) is 12.4 Å². The summed E-state index contributed by atoms with van der Waals surface area (Å²) in [6.07, 6.45) is 7.23. The summed E-state index contributed by atoms with van der Waals surface area (Å²) in [5.41, 5.74) is 6.68. The van der Waals surface area contributed by atoms with Gasteiger partial charge in [0.05, 0.1) is 12.4 Å². The third kappa shape index (κ3) is 3.36. The predicted octanol–water partition coefficient (Wildman–Crippen LogP) is 0.344. The van der Waals surface area contributed by atoms with Crippen molar-refractivity contribution in [2.75, 3.05) is 31.1 Å². The van der Waals surface area contributed by atoms with E-state index in [9.17, 15) is 9.59 Å². The lowest BCUT2D eigenvalue weighted by Gasteiger charge is -2.22. The Hall–Kier alpha value is -3.56. The minimum atomic E-state index is -0.615. The van der Waals surface area contributed by atoms with Gasteiger partial charge in [0.2, 0.25) is 5.91 Å². The molecule has 1 aliphatic rings. The van der Waals surface area contributed by atoms with E-state index in [0.29, 0.717) is 30.3 Å². The van der Waals surface area contributed by atoms with Gasteiger partial charge in [0.15, 0.2) is 11.5 Å². The normalized spacial score (nSPS) is 14.9. The quantitative estimate of drug-likeness (QED) is 0.695. The van der Waals surface area contributed by atoms with Crippen molar-refractivity contribution >= 4 is 23.3 Å². The number of hydrogen-bond acceptors (Lipinski definition) is 7. The van der Waals surface area contributed by atoms with Crippen LogP contribution in [0.1, 0.15) is 23.8 Å². The van der Waals surface area contributed by atoms with E-state index in [1.54, 1.807) is 23.7 Å². The van der Waals surface area contributed by atoms with Gasteiger partial charge in [-0.25, -0.2) is 19.9 Å². The number of aromatic nitrogens is 5. The Morgan fingerprint density at radius 2 is 1.93 bits per heavy atom. The monoisotopic (exact) mass is 380 g/mol. The molecule has 0 spiro atoms. The number of imidazole rings is 1. The Balaban J connectivity index is 1.66. The van der Waals surface area contributed by atoms with Crippen molar-refractivity contribution in [2.45, 2.75) is 13.3 Å². The SMILES string of the molecule is CC(=O)N1CCCN(c2ccnc(-c3cnc4cnc(C(N)=O)cn34)n2)CC1. The molecule has 0 saturated carbocycles. The number of rotatable bonds is 3. The number of nitrogens with two attached hydrogens (primary N) is 1. The van der Waals surface area contributed by atoms with Crippen LogP contribution in [0.15, 0.2) is 30.9 Å². The van der Waals surface area contributed by atoms with Crippen molar-refractivity contribution in [1.82, 2.24) is 29.2 Å². The zero-order valence-corrected chi connectivity index (χ0v) is 15.4. The van der Waals surface area contributed by atoms with Crippen molar-refractivity contribution in [1.29, 1.82) is 0 Å². The first-order valence-electron chi connectivity index (χ1n) is 9.00. The minimum absolute atomic E-state index is 0.0924. The number of anilines is 1. The molecule has 0 aliphatic carbocycles. The first kappa shape index (κ1) is 17.8. The van der Waals surface area contributed by atoms with Gasteiger partial charge in [0.1, 0.15) is 17.2 Å². The second-order valence-corrected chi connectivity index (χ2v) is 6.59. The van der Waals surface area contributed by atoms with Gasteiger partial charge >= 0.3 is 0 Å². The molecule has 0 bridgehead atoms. The van der Waals surface area contributed by atoms with Crippen LogP contribution in [0.2, 0.25) is 0 Å². The van der Waals surface area contributed by atoms with E-state index in [4.69, 9.17) is 5.73 Å². The van der Waals surface area contributed by atoms with Crippen molar-refractivity contribution in [3.8, 4) is 11.5 Å². The molecule has 0 unspecified atom stereocenters. The molecular formula is C18H20N8O2. The summed E-state index contributed by atoms with van der Waals surface area (Å²) < 4.78 is 1.70. The fraction of sp³-hybridized carbons (Fsp3) is 0.333. The molecule has 0 aromatic carbocycles. The standard InChI is InChI=1S/C18H20N8O2/c1-12(27)24-5-2-6-25(8-7-24)15-3-4-20-18(23-15)14-9-22-16-10-21-13(17(19)28)11-26(14)16/h3-4,9-11H,2,5-8H2,1H3,(H2,19,28). The molecule has 4 rings (SSSR count). The largest absolute Gasteiger partial charge is 0.364 e. The molecule has 3 aromatic rings. The number of carbonyl (C=O) groups excluding carboxylic acids is 2. The maximum Gasteiger partial charge on any atom is 0.268 e. The molecule has 28 heavy (non-hydrogen) atoms. The van der Waals surface area contributed by atoms with E-state index >= 15 is 0 Å². The van der Waals surface area contributed by atoms with Gasteiger partial charge in [-0.1, -0.05) is 0 Å². The van der Waals surface area contributed by atoms with E-state index < -0.39 is 5.91 Å².